The molecule has 7 aromatic rings. The van der Waals surface area contributed by atoms with Gasteiger partial charge in [-0.05, 0) is 84.1 Å². The zero-order chi connectivity index (χ0) is 34.9. The molecule has 7 rings (SSSR count). The molecule has 3 heterocycles. The fourth-order valence-electron chi connectivity index (χ4n) is 6.69. The number of pyridine rings is 2. The molecular weight excluding hydrogens is 805 g/mol. The van der Waals surface area contributed by atoms with E-state index in [4.69, 9.17) is 9.40 Å². The van der Waals surface area contributed by atoms with E-state index in [1.807, 2.05) is 24.4 Å². The Balaban J connectivity index is 0.000000199. The predicted molar refractivity (Wildman–Crippen MR) is 210 cm³/mol. The van der Waals surface area contributed by atoms with E-state index in [9.17, 15) is 0 Å². The van der Waals surface area contributed by atoms with Gasteiger partial charge in [-0.2, -0.15) is 0 Å². The average Bonchev–Trinajstić information content (AvgIpc) is 3.42. The van der Waals surface area contributed by atoms with E-state index in [0.29, 0.717) is 5.92 Å². The van der Waals surface area contributed by atoms with Gasteiger partial charge in [0.15, 0.2) is 0 Å². The van der Waals surface area contributed by atoms with Crippen LogP contribution in [0, 0.1) is 45.7 Å². The van der Waals surface area contributed by atoms with Gasteiger partial charge in [0, 0.05) is 37.9 Å². The normalized spacial score (nSPS) is 11.4. The van der Waals surface area contributed by atoms with Crippen molar-refractivity contribution in [3.05, 3.63) is 137 Å². The van der Waals surface area contributed by atoms with Crippen LogP contribution in [0.2, 0.25) is 19.6 Å². The van der Waals surface area contributed by atoms with Gasteiger partial charge in [0.05, 0.1) is 13.7 Å². The first-order valence-corrected chi connectivity index (χ1v) is 20.7. The molecule has 3 aromatic heterocycles. The maximum Gasteiger partial charge on any atom is 0.121 e. The summed E-state index contributed by atoms with van der Waals surface area (Å²) in [5, 5.41) is 3.71. The summed E-state index contributed by atoms with van der Waals surface area (Å²) in [4.78, 5) is 9.26. The molecule has 0 bridgehead atoms. The number of aromatic nitrogens is 2. The first-order chi connectivity index (χ1) is 23.4. The Labute approximate surface area is 312 Å². The van der Waals surface area contributed by atoms with E-state index in [1.54, 1.807) is 0 Å². The Kier molecular flexibility index (Phi) is 11.4. The maximum absolute atomic E-state index is 6.35. The maximum atomic E-state index is 6.35. The van der Waals surface area contributed by atoms with Gasteiger partial charge < -0.3 is 14.4 Å². The predicted octanol–water partition coefficient (Wildman–Crippen LogP) is 11.6. The van der Waals surface area contributed by atoms with Crippen LogP contribution < -0.4 is 5.19 Å². The number of benzene rings is 4. The van der Waals surface area contributed by atoms with Crippen LogP contribution in [0.5, 0.6) is 0 Å². The zero-order valence-electron chi connectivity index (χ0n) is 30.7. The number of aryl methyl sites for hydroxylation is 4. The molecule has 1 radical (unpaired) electrons. The summed E-state index contributed by atoms with van der Waals surface area (Å²) < 4.78 is 6.35. The molecule has 5 heteroatoms. The van der Waals surface area contributed by atoms with Gasteiger partial charge in [-0.25, -0.2) is 0 Å². The van der Waals surface area contributed by atoms with Gasteiger partial charge >= 0.3 is 0 Å². The molecule has 0 atom stereocenters. The summed E-state index contributed by atoms with van der Waals surface area (Å²) >= 11 is 0. The number of furan rings is 1. The van der Waals surface area contributed by atoms with Crippen LogP contribution in [-0.2, 0) is 26.5 Å². The summed E-state index contributed by atoms with van der Waals surface area (Å²) in [6.07, 6.45) is 5.08. The van der Waals surface area contributed by atoms with Crippen LogP contribution in [0.1, 0.15) is 41.7 Å². The Morgan fingerprint density at radius 1 is 0.740 bits per heavy atom. The van der Waals surface area contributed by atoms with Gasteiger partial charge in [0.2, 0.25) is 0 Å². The van der Waals surface area contributed by atoms with Gasteiger partial charge in [-0.3, -0.25) is 0 Å². The molecule has 0 amide bonds. The number of fused-ring (bicyclic) bond motifs is 3. The van der Waals surface area contributed by atoms with Crippen molar-refractivity contribution >= 4 is 35.2 Å². The molecule has 0 saturated carbocycles. The van der Waals surface area contributed by atoms with Crippen molar-refractivity contribution in [1.29, 1.82) is 0 Å². The summed E-state index contributed by atoms with van der Waals surface area (Å²) in [7, 11) is -1.35. The Morgan fingerprint density at radius 3 is 2.14 bits per heavy atom. The fourth-order valence-corrected chi connectivity index (χ4v) is 8.28. The molecule has 0 spiro atoms. The van der Waals surface area contributed by atoms with Gasteiger partial charge in [-0.1, -0.05) is 105 Å². The molecule has 0 saturated heterocycles. The second-order valence-corrected chi connectivity index (χ2v) is 19.8. The third-order valence-electron chi connectivity index (χ3n) is 9.03. The first-order valence-electron chi connectivity index (χ1n) is 17.2. The minimum Gasteiger partial charge on any atom is -0.501 e. The molecule has 0 N–H and O–H groups in total. The molecule has 0 unspecified atom stereocenters. The number of nitrogens with zero attached hydrogens (tertiary/aromatic N) is 2. The minimum absolute atomic E-state index is 0. The SMILES string of the molecule is Cc1cc[c-]c(-c2cc(CC(C)C)c([Si](C)(C)C)cn2)c1.Cc1ccnc(-c2[c-]ccc3c2oc2cc(-c4c(C)cccc4C)ccc23)c1.[Ir]. The Bertz CT molecular complexity index is 2260. The molecule has 50 heavy (non-hydrogen) atoms. The largest absolute Gasteiger partial charge is 0.501 e. The summed E-state index contributed by atoms with van der Waals surface area (Å²) in [6.45, 7) is 20.2. The second-order valence-electron chi connectivity index (χ2n) is 14.7. The summed E-state index contributed by atoms with van der Waals surface area (Å²) in [5.41, 5.74) is 14.6. The van der Waals surface area contributed by atoms with Crippen molar-refractivity contribution in [3.8, 4) is 33.6 Å². The van der Waals surface area contributed by atoms with Gasteiger partial charge in [-0.15, -0.1) is 53.6 Å². The van der Waals surface area contributed by atoms with Crippen molar-refractivity contribution < 1.29 is 24.5 Å². The van der Waals surface area contributed by atoms with Gasteiger partial charge in [0.25, 0.3) is 0 Å². The zero-order valence-corrected chi connectivity index (χ0v) is 34.1. The molecule has 257 valence electrons. The van der Waals surface area contributed by atoms with E-state index >= 15 is 0 Å². The minimum atomic E-state index is -1.35. The van der Waals surface area contributed by atoms with E-state index in [2.05, 4.69) is 151 Å². The van der Waals surface area contributed by atoms with Crippen molar-refractivity contribution in [3.63, 3.8) is 0 Å². The van der Waals surface area contributed by atoms with Crippen LogP contribution in [-0.4, -0.2) is 18.0 Å². The first kappa shape index (κ1) is 37.1. The molecule has 0 fully saturated rings. The molecule has 0 aliphatic rings. The van der Waals surface area contributed by atoms with Crippen LogP contribution in [0.3, 0.4) is 0 Å². The Hall–Kier alpha value is -4.15. The molecule has 4 aromatic carbocycles. The third-order valence-corrected chi connectivity index (χ3v) is 11.1. The van der Waals surface area contributed by atoms with Crippen LogP contribution in [0.25, 0.3) is 55.6 Å². The molecule has 0 aliphatic heterocycles. The van der Waals surface area contributed by atoms with Crippen LogP contribution >= 0.6 is 0 Å². The number of hydrogen-bond acceptors (Lipinski definition) is 3. The van der Waals surface area contributed by atoms with Crippen molar-refractivity contribution in [2.45, 2.75) is 67.6 Å². The quantitative estimate of drug-likeness (QED) is 0.124. The van der Waals surface area contributed by atoms with E-state index in [-0.39, 0.29) is 20.1 Å². The smallest absolute Gasteiger partial charge is 0.121 e. The van der Waals surface area contributed by atoms with Crippen molar-refractivity contribution in [1.82, 2.24) is 9.97 Å². The van der Waals surface area contributed by atoms with Crippen LogP contribution in [0.15, 0.2) is 102 Å². The molecule has 0 aliphatic carbocycles. The Morgan fingerprint density at radius 2 is 1.46 bits per heavy atom. The average molecular weight is 851 g/mol. The number of rotatable bonds is 6. The second kappa shape index (κ2) is 15.4. The van der Waals surface area contributed by atoms with Crippen LogP contribution in [0.4, 0.5) is 0 Å². The van der Waals surface area contributed by atoms with Gasteiger partial charge in [0.1, 0.15) is 5.58 Å². The van der Waals surface area contributed by atoms with E-state index < -0.39 is 8.07 Å². The standard InChI is InChI=1S/C26H20NO.C19H26NSi.Ir/c1-16-12-13-27-23(14-16)22-9-5-8-21-20-11-10-19(15-24(20)28-26(21)22)25-17(2)6-4-7-18(25)3;1-14(2)10-17-12-18(16-9-7-8-15(3)11-16)20-13-19(17)21(4,5)6;/h4-8,10-15H,1-3H3;7-8,11-14H,10H2,1-6H3;/q2*-1;. The monoisotopic (exact) mass is 851 g/mol. The van der Waals surface area contributed by atoms with Crippen molar-refractivity contribution in [2.75, 3.05) is 0 Å². The van der Waals surface area contributed by atoms with Crippen molar-refractivity contribution in [2.24, 2.45) is 5.92 Å². The summed E-state index contributed by atoms with van der Waals surface area (Å²) in [5.74, 6) is 0.664. The summed E-state index contributed by atoms with van der Waals surface area (Å²) in [6, 6.07) is 36.2. The third kappa shape index (κ3) is 8.07. The fraction of sp³-hybridized carbons (Fsp3) is 0.244. The molecule has 3 nitrogen and oxygen atoms in total. The van der Waals surface area contributed by atoms with E-state index in [0.717, 1.165) is 50.9 Å². The molecular formula is C45H46IrN2OSi-2. The number of hydrogen-bond donors (Lipinski definition) is 0. The van der Waals surface area contributed by atoms with E-state index in [1.165, 1.54) is 44.1 Å². The topological polar surface area (TPSA) is 38.9 Å².